The first kappa shape index (κ1) is 16.6. The first-order valence-corrected chi connectivity index (χ1v) is 9.98. The van der Waals surface area contributed by atoms with Gasteiger partial charge in [-0.2, -0.15) is 0 Å². The normalized spacial score (nSPS) is 16.5. The van der Waals surface area contributed by atoms with E-state index in [-0.39, 0.29) is 0 Å². The Balaban J connectivity index is 1.49. The topological polar surface area (TPSA) is 93.6 Å². The van der Waals surface area contributed by atoms with Gasteiger partial charge in [0.05, 0.1) is 32.8 Å². The number of benzene rings is 2. The van der Waals surface area contributed by atoms with Crippen molar-refractivity contribution in [3.63, 3.8) is 0 Å². The molecule has 0 saturated heterocycles. The molecule has 5 N–H and O–H groups in total. The Hall–Kier alpha value is -2.54. The minimum absolute atomic E-state index is 0.318. The second-order valence-corrected chi connectivity index (χ2v) is 8.29. The molecular formula is C21H21N5S. The fourth-order valence-corrected chi connectivity index (χ4v) is 4.58. The molecular weight excluding hydrogens is 354 g/mol. The number of imidazole rings is 1. The molecule has 1 aliphatic rings. The number of nitrogens with zero attached hydrogens (tertiary/aromatic N) is 2. The second kappa shape index (κ2) is 6.27. The van der Waals surface area contributed by atoms with E-state index in [1.54, 1.807) is 17.7 Å². The SMILES string of the molecule is NCC(N)(c1ccc(-c2cnc(C3CC3)s2)cc1)c1ccc2nc[nH]c2c1. The Morgan fingerprint density at radius 1 is 1.07 bits per heavy atom. The van der Waals surface area contributed by atoms with Gasteiger partial charge < -0.3 is 16.5 Å². The first-order chi connectivity index (χ1) is 13.2. The predicted molar refractivity (Wildman–Crippen MR) is 110 cm³/mol. The first-order valence-electron chi connectivity index (χ1n) is 9.16. The Kier molecular flexibility index (Phi) is 3.86. The zero-order valence-corrected chi connectivity index (χ0v) is 15.7. The molecule has 1 aliphatic carbocycles. The van der Waals surface area contributed by atoms with Crippen LogP contribution in [0.3, 0.4) is 0 Å². The van der Waals surface area contributed by atoms with Crippen LogP contribution in [0.1, 0.15) is 34.9 Å². The molecule has 1 atom stereocenters. The van der Waals surface area contributed by atoms with Crippen molar-refractivity contribution in [3.05, 3.63) is 71.1 Å². The van der Waals surface area contributed by atoms with Gasteiger partial charge in [0.2, 0.25) is 0 Å². The van der Waals surface area contributed by atoms with Gasteiger partial charge in [-0.1, -0.05) is 30.3 Å². The van der Waals surface area contributed by atoms with Gasteiger partial charge in [-0.3, -0.25) is 0 Å². The van der Waals surface area contributed by atoms with Crippen LogP contribution in [0.25, 0.3) is 21.5 Å². The van der Waals surface area contributed by atoms with Crippen LogP contribution in [0, 0.1) is 0 Å². The van der Waals surface area contributed by atoms with Crippen LogP contribution in [0.15, 0.2) is 55.0 Å². The smallest absolute Gasteiger partial charge is 0.0962 e. The van der Waals surface area contributed by atoms with E-state index in [0.29, 0.717) is 12.5 Å². The number of H-pyrrole nitrogens is 1. The molecule has 1 saturated carbocycles. The minimum Gasteiger partial charge on any atom is -0.345 e. The lowest BCUT2D eigenvalue weighted by molar-refractivity contribution is 0.552. The fraction of sp³-hybridized carbons (Fsp3) is 0.238. The third-order valence-corrected chi connectivity index (χ3v) is 6.60. The summed E-state index contributed by atoms with van der Waals surface area (Å²) in [6.45, 7) is 0.318. The van der Waals surface area contributed by atoms with E-state index in [2.05, 4.69) is 39.2 Å². The number of nitrogens with two attached hydrogens (primary N) is 2. The summed E-state index contributed by atoms with van der Waals surface area (Å²) in [6, 6.07) is 14.4. The number of rotatable bonds is 5. The Bertz CT molecular complexity index is 1090. The largest absolute Gasteiger partial charge is 0.345 e. The van der Waals surface area contributed by atoms with E-state index >= 15 is 0 Å². The maximum Gasteiger partial charge on any atom is 0.0962 e. The highest BCUT2D eigenvalue weighted by atomic mass is 32.1. The van der Waals surface area contributed by atoms with E-state index in [4.69, 9.17) is 11.5 Å². The van der Waals surface area contributed by atoms with Gasteiger partial charge in [-0.25, -0.2) is 9.97 Å². The third-order valence-electron chi connectivity index (χ3n) is 5.39. The summed E-state index contributed by atoms with van der Waals surface area (Å²) in [5.74, 6) is 0.689. The van der Waals surface area contributed by atoms with Gasteiger partial charge in [0, 0.05) is 18.7 Å². The van der Waals surface area contributed by atoms with Gasteiger partial charge >= 0.3 is 0 Å². The Labute approximate surface area is 161 Å². The van der Waals surface area contributed by atoms with Crippen molar-refractivity contribution in [2.24, 2.45) is 11.5 Å². The van der Waals surface area contributed by atoms with E-state index in [1.807, 2.05) is 24.4 Å². The molecule has 27 heavy (non-hydrogen) atoms. The Morgan fingerprint density at radius 3 is 2.59 bits per heavy atom. The average Bonchev–Trinajstić information content (AvgIpc) is 3.26. The van der Waals surface area contributed by atoms with Gasteiger partial charge in [0.15, 0.2) is 0 Å². The molecule has 0 bridgehead atoms. The van der Waals surface area contributed by atoms with Crippen LogP contribution in [-0.4, -0.2) is 21.5 Å². The van der Waals surface area contributed by atoms with Crippen LogP contribution < -0.4 is 11.5 Å². The van der Waals surface area contributed by atoms with E-state index in [1.165, 1.54) is 28.3 Å². The zero-order valence-electron chi connectivity index (χ0n) is 14.9. The van der Waals surface area contributed by atoms with Gasteiger partial charge in [0.25, 0.3) is 0 Å². The van der Waals surface area contributed by atoms with Gasteiger partial charge in [-0.05, 0) is 41.7 Å². The lowest BCUT2D eigenvalue weighted by Crippen LogP contribution is -2.45. The van der Waals surface area contributed by atoms with Crippen molar-refractivity contribution < 1.29 is 0 Å². The monoisotopic (exact) mass is 375 g/mol. The molecule has 2 aromatic carbocycles. The van der Waals surface area contributed by atoms with Crippen molar-refractivity contribution >= 4 is 22.4 Å². The quantitative estimate of drug-likeness (QED) is 0.495. The van der Waals surface area contributed by atoms with Crippen LogP contribution >= 0.6 is 11.3 Å². The molecule has 4 aromatic rings. The van der Waals surface area contributed by atoms with Crippen molar-refractivity contribution in [1.29, 1.82) is 0 Å². The number of hydrogen-bond donors (Lipinski definition) is 3. The molecule has 1 fully saturated rings. The maximum absolute atomic E-state index is 6.77. The highest BCUT2D eigenvalue weighted by Crippen LogP contribution is 2.43. The molecule has 2 heterocycles. The van der Waals surface area contributed by atoms with E-state index in [9.17, 15) is 0 Å². The second-order valence-electron chi connectivity index (χ2n) is 7.22. The molecule has 0 aliphatic heterocycles. The van der Waals surface area contributed by atoms with Crippen molar-refractivity contribution in [3.8, 4) is 10.4 Å². The molecule has 0 amide bonds. The van der Waals surface area contributed by atoms with E-state index < -0.39 is 5.54 Å². The molecule has 0 spiro atoms. The summed E-state index contributed by atoms with van der Waals surface area (Å²) in [4.78, 5) is 13.2. The Morgan fingerprint density at radius 2 is 1.85 bits per heavy atom. The molecule has 1 unspecified atom stereocenters. The summed E-state index contributed by atoms with van der Waals surface area (Å²) in [5, 5.41) is 1.26. The standard InChI is InChI=1S/C21H21N5S/c22-11-21(23,16-7-8-17-18(9-16)26-12-25-17)15-5-3-13(4-6-15)19-10-24-20(27-19)14-1-2-14/h3-10,12,14H,1-2,11,22-23H2,(H,25,26). The molecule has 0 radical (unpaired) electrons. The minimum atomic E-state index is -0.745. The van der Waals surface area contributed by atoms with Crippen LogP contribution in [-0.2, 0) is 5.54 Å². The molecule has 136 valence electrons. The van der Waals surface area contributed by atoms with Crippen LogP contribution in [0.5, 0.6) is 0 Å². The lowest BCUT2D eigenvalue weighted by atomic mass is 9.83. The zero-order chi connectivity index (χ0) is 18.4. The number of thiazole rings is 1. The summed E-state index contributed by atoms with van der Waals surface area (Å²) in [7, 11) is 0. The van der Waals surface area contributed by atoms with Crippen LogP contribution in [0.2, 0.25) is 0 Å². The van der Waals surface area contributed by atoms with Crippen LogP contribution in [0.4, 0.5) is 0 Å². The summed E-state index contributed by atoms with van der Waals surface area (Å²) < 4.78 is 0. The number of hydrogen-bond acceptors (Lipinski definition) is 5. The summed E-state index contributed by atoms with van der Waals surface area (Å²) in [5.41, 5.74) is 17.2. The average molecular weight is 376 g/mol. The third kappa shape index (κ3) is 2.86. The van der Waals surface area contributed by atoms with Gasteiger partial charge in [-0.15, -0.1) is 11.3 Å². The summed E-state index contributed by atoms with van der Waals surface area (Å²) in [6.07, 6.45) is 6.23. The lowest BCUT2D eigenvalue weighted by Gasteiger charge is -2.29. The highest BCUT2D eigenvalue weighted by molar-refractivity contribution is 7.15. The van der Waals surface area contributed by atoms with Crippen molar-refractivity contribution in [1.82, 2.24) is 15.0 Å². The number of nitrogens with one attached hydrogen (secondary N) is 1. The fourth-order valence-electron chi connectivity index (χ4n) is 3.49. The van der Waals surface area contributed by atoms with Crippen molar-refractivity contribution in [2.45, 2.75) is 24.3 Å². The summed E-state index contributed by atoms with van der Waals surface area (Å²) >= 11 is 1.80. The highest BCUT2D eigenvalue weighted by Gasteiger charge is 2.29. The molecule has 5 nitrogen and oxygen atoms in total. The molecule has 6 heteroatoms. The maximum atomic E-state index is 6.77. The number of fused-ring (bicyclic) bond motifs is 1. The molecule has 5 rings (SSSR count). The number of aromatic nitrogens is 3. The van der Waals surface area contributed by atoms with E-state index in [0.717, 1.165) is 22.2 Å². The predicted octanol–water partition coefficient (Wildman–Crippen LogP) is 3.72. The van der Waals surface area contributed by atoms with Crippen molar-refractivity contribution in [2.75, 3.05) is 6.54 Å². The number of aromatic amines is 1. The van der Waals surface area contributed by atoms with Gasteiger partial charge in [0.1, 0.15) is 0 Å². The molecule has 2 aromatic heterocycles.